The maximum atomic E-state index is 13.0. The number of benzene rings is 1. The molecule has 1 saturated heterocycles. The molecule has 1 amide bonds. The molecule has 1 atom stereocenters. The van der Waals surface area contributed by atoms with Gasteiger partial charge in [-0.15, -0.1) is 0 Å². The van der Waals surface area contributed by atoms with E-state index in [9.17, 15) is 13.2 Å². The van der Waals surface area contributed by atoms with Crippen molar-refractivity contribution in [3.8, 4) is 0 Å². The summed E-state index contributed by atoms with van der Waals surface area (Å²) >= 11 is 12.2. The fourth-order valence-corrected chi connectivity index (χ4v) is 6.44. The van der Waals surface area contributed by atoms with Crippen LogP contribution < -0.4 is 5.32 Å². The SMILES string of the molecule is C[C@H](C(=O)NC1CCCCC1)N1CCN(S(=O)(=O)c2c(Cl)cccc2Cl)CC1. The van der Waals surface area contributed by atoms with E-state index in [-0.39, 0.29) is 32.9 Å². The van der Waals surface area contributed by atoms with Crippen molar-refractivity contribution in [2.24, 2.45) is 0 Å². The van der Waals surface area contributed by atoms with Crippen molar-refractivity contribution < 1.29 is 13.2 Å². The Morgan fingerprint density at radius 2 is 1.64 bits per heavy atom. The van der Waals surface area contributed by atoms with Crippen molar-refractivity contribution in [1.82, 2.24) is 14.5 Å². The Hall–Kier alpha value is -0.860. The van der Waals surface area contributed by atoms with Gasteiger partial charge in [-0.3, -0.25) is 9.69 Å². The fraction of sp³-hybridized carbons (Fsp3) is 0.632. The predicted octanol–water partition coefficient (Wildman–Crippen LogP) is 3.14. The lowest BCUT2D eigenvalue weighted by Gasteiger charge is -2.37. The van der Waals surface area contributed by atoms with Gasteiger partial charge >= 0.3 is 0 Å². The first-order chi connectivity index (χ1) is 13.3. The third kappa shape index (κ3) is 4.82. The molecule has 2 fully saturated rings. The molecule has 1 saturated carbocycles. The number of hydrogen-bond donors (Lipinski definition) is 1. The van der Waals surface area contributed by atoms with Crippen LogP contribution in [0, 0.1) is 0 Å². The summed E-state index contributed by atoms with van der Waals surface area (Å²) in [6, 6.07) is 4.65. The van der Waals surface area contributed by atoms with E-state index in [4.69, 9.17) is 23.2 Å². The molecule has 0 aromatic heterocycles. The largest absolute Gasteiger partial charge is 0.352 e. The molecule has 1 heterocycles. The number of carbonyl (C=O) groups excluding carboxylic acids is 1. The average Bonchev–Trinajstić information content (AvgIpc) is 2.68. The number of amides is 1. The molecule has 1 aromatic rings. The van der Waals surface area contributed by atoms with Gasteiger partial charge < -0.3 is 5.32 Å². The smallest absolute Gasteiger partial charge is 0.246 e. The van der Waals surface area contributed by atoms with Crippen LogP contribution in [0.2, 0.25) is 10.0 Å². The summed E-state index contributed by atoms with van der Waals surface area (Å²) in [4.78, 5) is 14.6. The molecule has 9 heteroatoms. The molecule has 6 nitrogen and oxygen atoms in total. The van der Waals surface area contributed by atoms with Crippen LogP contribution >= 0.6 is 23.2 Å². The summed E-state index contributed by atoms with van der Waals surface area (Å²) in [6.45, 7) is 3.45. The zero-order valence-corrected chi connectivity index (χ0v) is 18.4. The average molecular weight is 448 g/mol. The number of halogens is 2. The summed E-state index contributed by atoms with van der Waals surface area (Å²) in [7, 11) is -3.77. The molecular formula is C19H27Cl2N3O3S. The maximum Gasteiger partial charge on any atom is 0.246 e. The third-order valence-electron chi connectivity index (χ3n) is 5.67. The summed E-state index contributed by atoms with van der Waals surface area (Å²) in [6.07, 6.45) is 5.67. The minimum atomic E-state index is -3.77. The molecule has 1 aromatic carbocycles. The molecule has 0 bridgehead atoms. The summed E-state index contributed by atoms with van der Waals surface area (Å²) in [5.41, 5.74) is 0. The van der Waals surface area contributed by atoms with Gasteiger partial charge in [0, 0.05) is 32.2 Å². The Bertz CT molecular complexity index is 784. The van der Waals surface area contributed by atoms with Gasteiger partial charge in [-0.05, 0) is 31.9 Å². The van der Waals surface area contributed by atoms with Gasteiger partial charge in [0.25, 0.3) is 0 Å². The number of piperazine rings is 1. The fourth-order valence-electron chi connectivity index (χ4n) is 3.92. The van der Waals surface area contributed by atoms with Crippen molar-refractivity contribution in [2.45, 2.75) is 56.0 Å². The van der Waals surface area contributed by atoms with Crippen LogP contribution in [0.3, 0.4) is 0 Å². The third-order valence-corrected chi connectivity index (χ3v) is 8.52. The van der Waals surface area contributed by atoms with Crippen LogP contribution in [0.5, 0.6) is 0 Å². The molecule has 3 rings (SSSR count). The maximum absolute atomic E-state index is 13.0. The van der Waals surface area contributed by atoms with E-state index in [0.29, 0.717) is 26.2 Å². The lowest BCUT2D eigenvalue weighted by molar-refractivity contribution is -0.127. The lowest BCUT2D eigenvalue weighted by atomic mass is 9.95. The number of nitrogens with zero attached hydrogens (tertiary/aromatic N) is 2. The van der Waals surface area contributed by atoms with Crippen LogP contribution in [0.4, 0.5) is 0 Å². The zero-order valence-electron chi connectivity index (χ0n) is 16.0. The second-order valence-electron chi connectivity index (χ2n) is 7.51. The molecule has 1 aliphatic heterocycles. The van der Waals surface area contributed by atoms with Gasteiger partial charge in [0.2, 0.25) is 15.9 Å². The van der Waals surface area contributed by atoms with Gasteiger partial charge in [0.15, 0.2) is 0 Å². The van der Waals surface area contributed by atoms with Crippen molar-refractivity contribution >= 4 is 39.1 Å². The van der Waals surface area contributed by atoms with Gasteiger partial charge in [-0.1, -0.05) is 48.5 Å². The zero-order chi connectivity index (χ0) is 20.3. The second kappa shape index (κ2) is 9.30. The first-order valence-corrected chi connectivity index (χ1v) is 12.0. The highest BCUT2D eigenvalue weighted by Gasteiger charge is 2.34. The van der Waals surface area contributed by atoms with Gasteiger partial charge in [0.05, 0.1) is 16.1 Å². The van der Waals surface area contributed by atoms with Gasteiger partial charge in [-0.2, -0.15) is 4.31 Å². The summed E-state index contributed by atoms with van der Waals surface area (Å²) < 4.78 is 27.3. The number of hydrogen-bond acceptors (Lipinski definition) is 4. The number of carbonyl (C=O) groups is 1. The first-order valence-electron chi connectivity index (χ1n) is 9.79. The lowest BCUT2D eigenvalue weighted by Crippen LogP contribution is -2.56. The molecule has 0 spiro atoms. The number of sulfonamides is 1. The Morgan fingerprint density at radius 3 is 2.21 bits per heavy atom. The van der Waals surface area contributed by atoms with Crippen LogP contribution in [-0.2, 0) is 14.8 Å². The monoisotopic (exact) mass is 447 g/mol. The highest BCUT2D eigenvalue weighted by atomic mass is 35.5. The molecule has 1 aliphatic carbocycles. The minimum Gasteiger partial charge on any atom is -0.352 e. The van der Waals surface area contributed by atoms with Crippen molar-refractivity contribution in [3.05, 3.63) is 28.2 Å². The van der Waals surface area contributed by atoms with Crippen LogP contribution in [0.25, 0.3) is 0 Å². The van der Waals surface area contributed by atoms with E-state index in [1.165, 1.54) is 35.7 Å². The van der Waals surface area contributed by atoms with E-state index in [1.54, 1.807) is 6.07 Å². The second-order valence-corrected chi connectivity index (χ2v) is 10.2. The topological polar surface area (TPSA) is 69.7 Å². The molecule has 2 aliphatic rings. The van der Waals surface area contributed by atoms with Crippen molar-refractivity contribution in [1.29, 1.82) is 0 Å². The first kappa shape index (κ1) is 21.8. The summed E-state index contributed by atoms with van der Waals surface area (Å²) in [5, 5.41) is 3.39. The van der Waals surface area contributed by atoms with E-state index in [1.807, 2.05) is 11.8 Å². The Kier molecular flexibility index (Phi) is 7.26. The number of rotatable bonds is 5. The van der Waals surface area contributed by atoms with Crippen LogP contribution in [0.15, 0.2) is 23.1 Å². The minimum absolute atomic E-state index is 0.0253. The molecule has 0 radical (unpaired) electrons. The quantitative estimate of drug-likeness (QED) is 0.752. The van der Waals surface area contributed by atoms with E-state index >= 15 is 0 Å². The van der Waals surface area contributed by atoms with Gasteiger partial charge in [-0.25, -0.2) is 8.42 Å². The molecular weight excluding hydrogens is 421 g/mol. The van der Waals surface area contributed by atoms with Crippen LogP contribution in [0.1, 0.15) is 39.0 Å². The standard InChI is InChI=1S/C19H27Cl2N3O3S/c1-14(19(25)22-15-6-3-2-4-7-15)23-10-12-24(13-11-23)28(26,27)18-16(20)8-5-9-17(18)21/h5,8-9,14-15H,2-4,6-7,10-13H2,1H3,(H,22,25)/t14-/m1/s1. The Balaban J connectivity index is 1.59. The molecule has 0 unspecified atom stereocenters. The molecule has 156 valence electrons. The molecule has 1 N–H and O–H groups in total. The Labute approximate surface area is 177 Å². The number of nitrogens with one attached hydrogen (secondary N) is 1. The normalized spacial score (nSPS) is 21.4. The van der Waals surface area contributed by atoms with Crippen molar-refractivity contribution in [3.63, 3.8) is 0 Å². The highest BCUT2D eigenvalue weighted by Crippen LogP contribution is 2.32. The van der Waals surface area contributed by atoms with Crippen LogP contribution in [-0.4, -0.2) is 61.8 Å². The highest BCUT2D eigenvalue weighted by molar-refractivity contribution is 7.89. The Morgan fingerprint density at radius 1 is 1.07 bits per heavy atom. The van der Waals surface area contributed by atoms with E-state index in [0.717, 1.165) is 12.8 Å². The van der Waals surface area contributed by atoms with E-state index in [2.05, 4.69) is 5.32 Å². The van der Waals surface area contributed by atoms with Crippen molar-refractivity contribution in [2.75, 3.05) is 26.2 Å². The van der Waals surface area contributed by atoms with E-state index < -0.39 is 10.0 Å². The molecule has 28 heavy (non-hydrogen) atoms. The predicted molar refractivity (Wildman–Crippen MR) is 111 cm³/mol. The summed E-state index contributed by atoms with van der Waals surface area (Å²) in [5.74, 6) is 0.0253. The van der Waals surface area contributed by atoms with Gasteiger partial charge in [0.1, 0.15) is 4.90 Å².